The number of allylic oxidation sites excluding steroid dienone is 1. The summed E-state index contributed by atoms with van der Waals surface area (Å²) in [4.78, 5) is 40.1. The van der Waals surface area contributed by atoms with E-state index in [9.17, 15) is 28.0 Å². The molecule has 242 valence electrons. The number of rotatable bonds is 12. The highest BCUT2D eigenvalue weighted by atomic mass is 32.2. The molecule has 1 unspecified atom stereocenters. The predicted molar refractivity (Wildman–Crippen MR) is 168 cm³/mol. The predicted octanol–water partition coefficient (Wildman–Crippen LogP) is 3.81. The molecule has 0 bridgehead atoms. The molecule has 0 saturated heterocycles. The maximum absolute atomic E-state index is 13.9. The van der Waals surface area contributed by atoms with Gasteiger partial charge in [-0.2, -0.15) is 8.42 Å². The van der Waals surface area contributed by atoms with E-state index in [1.54, 1.807) is 30.6 Å². The molecule has 0 aromatic heterocycles. The van der Waals surface area contributed by atoms with Crippen LogP contribution in [0.5, 0.6) is 0 Å². The lowest BCUT2D eigenvalue weighted by molar-refractivity contribution is -0.153. The Morgan fingerprint density at radius 1 is 1.00 bits per heavy atom. The summed E-state index contributed by atoms with van der Waals surface area (Å²) < 4.78 is 29.6. The van der Waals surface area contributed by atoms with Crippen LogP contribution in [0, 0.1) is 36.0 Å². The van der Waals surface area contributed by atoms with Gasteiger partial charge in [0, 0.05) is 0 Å². The van der Waals surface area contributed by atoms with Crippen LogP contribution in [-0.2, 0) is 24.5 Å². The van der Waals surface area contributed by atoms with E-state index in [2.05, 4.69) is 5.43 Å². The number of hydrazine groups is 1. The first-order chi connectivity index (χ1) is 20.7. The fraction of sp³-hybridized carbons (Fsp3) is 0.469. The molecule has 0 spiro atoms. The first-order valence-corrected chi connectivity index (χ1v) is 16.2. The van der Waals surface area contributed by atoms with Gasteiger partial charge in [-0.05, 0) is 62.6 Å². The minimum absolute atomic E-state index is 0.0334. The summed E-state index contributed by atoms with van der Waals surface area (Å²) in [7, 11) is -4.02. The summed E-state index contributed by atoms with van der Waals surface area (Å²) in [6.07, 6.45) is 7.11. The third-order valence-electron chi connectivity index (χ3n) is 8.06. The van der Waals surface area contributed by atoms with E-state index in [1.807, 2.05) is 57.2 Å². The average Bonchev–Trinajstić information content (AvgIpc) is 3.53. The van der Waals surface area contributed by atoms with E-state index in [4.69, 9.17) is 16.1 Å². The van der Waals surface area contributed by atoms with Gasteiger partial charge >= 0.3 is 0 Å². The Morgan fingerprint density at radius 2 is 1.57 bits per heavy atom. The molecule has 1 aliphatic rings. The van der Waals surface area contributed by atoms with Crippen molar-refractivity contribution in [2.24, 2.45) is 40.7 Å². The molecule has 0 aliphatic heterocycles. The molecule has 1 aliphatic carbocycles. The number of carbonyl (C=O) groups is 3. The molecule has 2 aromatic carbocycles. The fourth-order valence-corrected chi connectivity index (χ4v) is 6.53. The minimum Gasteiger partial charge on any atom is -0.322 e. The second kappa shape index (κ2) is 16.6. The second-order valence-electron chi connectivity index (χ2n) is 11.8. The lowest BCUT2D eigenvalue weighted by Gasteiger charge is -2.45. The molecule has 0 radical (unpaired) electrons. The molecule has 2 aromatic rings. The molecule has 12 heteroatoms. The number of nitrogens with one attached hydrogen (secondary N) is 2. The molecule has 1 saturated carbocycles. The highest BCUT2D eigenvalue weighted by Gasteiger charge is 2.57. The van der Waals surface area contributed by atoms with Crippen LogP contribution >= 0.6 is 0 Å². The van der Waals surface area contributed by atoms with Gasteiger partial charge in [-0.1, -0.05) is 86.9 Å². The van der Waals surface area contributed by atoms with Crippen molar-refractivity contribution in [1.82, 2.24) is 10.9 Å². The van der Waals surface area contributed by atoms with Gasteiger partial charge in [0.25, 0.3) is 10.1 Å². The summed E-state index contributed by atoms with van der Waals surface area (Å²) in [5, 5.41) is 9.73. The van der Waals surface area contributed by atoms with Crippen molar-refractivity contribution in [2.75, 3.05) is 0 Å². The fourth-order valence-electron chi connectivity index (χ4n) is 6.05. The Bertz CT molecular complexity index is 1370. The Kier molecular flexibility index (Phi) is 13.9. The number of carbonyl (C=O) groups excluding carboxylic acids is 3. The van der Waals surface area contributed by atoms with Gasteiger partial charge in [-0.15, -0.1) is 0 Å². The van der Waals surface area contributed by atoms with Crippen LogP contribution in [0.4, 0.5) is 0 Å². The van der Waals surface area contributed by atoms with E-state index < -0.39 is 45.2 Å². The van der Waals surface area contributed by atoms with E-state index in [0.717, 1.165) is 24.0 Å². The molecule has 44 heavy (non-hydrogen) atoms. The van der Waals surface area contributed by atoms with Crippen LogP contribution in [0.3, 0.4) is 0 Å². The third-order valence-corrected chi connectivity index (χ3v) is 8.92. The summed E-state index contributed by atoms with van der Waals surface area (Å²) in [5.74, 6) is 1.54. The van der Waals surface area contributed by atoms with E-state index in [0.29, 0.717) is 19.3 Å². The number of aryl methyl sites for hydroxylation is 1. The third kappa shape index (κ3) is 9.54. The van der Waals surface area contributed by atoms with Crippen molar-refractivity contribution in [3.63, 3.8) is 0 Å². The van der Waals surface area contributed by atoms with Gasteiger partial charge in [0.15, 0.2) is 5.78 Å². The van der Waals surface area contributed by atoms with Gasteiger partial charge in [-0.3, -0.25) is 29.6 Å². The summed E-state index contributed by atoms with van der Waals surface area (Å²) >= 11 is 0. The molecule has 2 amide bonds. The minimum atomic E-state index is -4.02. The monoisotopic (exact) mass is 630 g/mol. The first-order valence-electron chi connectivity index (χ1n) is 14.7. The molecule has 0 heterocycles. The standard InChI is InChI=1S/C25H38N4O4.C7H8O3S/c1-16(2)15-20(23(31)28-27)21(24(32)29-33)25(22(30)17(3)26,19-11-7-8-12-19)14-13-18-9-5-4-6-10-18;1-6-2-4-7(5-3-6)11(8,9)10/h4-6,9-10,13-14,16-17,19-21,33H,7-8,11-12,15,26-27H2,1-3H3,(H,28,31)(H,29,32);2-5H,1H3,(H,8,9,10)/b14-13+;/t17-,20+,21+,25?;/m1./s1. The average molecular weight is 631 g/mol. The summed E-state index contributed by atoms with van der Waals surface area (Å²) in [6, 6.07) is 14.6. The highest BCUT2D eigenvalue weighted by Crippen LogP contribution is 2.51. The van der Waals surface area contributed by atoms with E-state index in [1.165, 1.54) is 12.1 Å². The van der Waals surface area contributed by atoms with E-state index in [-0.39, 0.29) is 22.5 Å². The van der Waals surface area contributed by atoms with Crippen LogP contribution in [0.1, 0.15) is 64.0 Å². The number of hydrogen-bond donors (Lipinski definition) is 6. The number of nitrogens with two attached hydrogens (primary N) is 2. The number of Topliss-reactive ketones (excluding diaryl/α,β-unsaturated/α-hetero) is 1. The Labute approximate surface area is 260 Å². The van der Waals surface area contributed by atoms with Gasteiger partial charge in [-0.25, -0.2) is 11.3 Å². The summed E-state index contributed by atoms with van der Waals surface area (Å²) in [6.45, 7) is 7.29. The number of hydroxylamine groups is 1. The first kappa shape index (κ1) is 36.8. The molecule has 8 N–H and O–H groups in total. The van der Waals surface area contributed by atoms with Crippen LogP contribution in [-0.4, -0.2) is 41.8 Å². The van der Waals surface area contributed by atoms with Crippen molar-refractivity contribution >= 4 is 33.8 Å². The zero-order valence-corrected chi connectivity index (χ0v) is 26.6. The highest BCUT2D eigenvalue weighted by molar-refractivity contribution is 7.85. The van der Waals surface area contributed by atoms with Gasteiger partial charge < -0.3 is 5.73 Å². The molecule has 3 rings (SSSR count). The van der Waals surface area contributed by atoms with Gasteiger partial charge in [0.05, 0.1) is 28.2 Å². The Balaban J connectivity index is 0.000000514. The van der Waals surface area contributed by atoms with Crippen molar-refractivity contribution < 1.29 is 32.6 Å². The van der Waals surface area contributed by atoms with Crippen LogP contribution < -0.4 is 22.5 Å². The zero-order chi connectivity index (χ0) is 33.1. The Morgan fingerprint density at radius 3 is 2.02 bits per heavy atom. The van der Waals surface area contributed by atoms with Gasteiger partial charge in [0.2, 0.25) is 11.8 Å². The molecular formula is C32H46N4O7S. The SMILES string of the molecule is CC(C)C[C@H](C(=O)NN)[C@@H](C(=O)NO)C(/C=C/c1ccccc1)(C(=O)[C@@H](C)N)C1CCCC1.Cc1ccc(S(=O)(=O)O)cc1. The lowest BCUT2D eigenvalue weighted by atomic mass is 9.57. The number of amides is 2. The van der Waals surface area contributed by atoms with Crippen molar-refractivity contribution in [2.45, 2.75) is 70.7 Å². The zero-order valence-electron chi connectivity index (χ0n) is 25.8. The maximum atomic E-state index is 13.9. The van der Waals surface area contributed by atoms with E-state index >= 15 is 0 Å². The molecule has 4 atom stereocenters. The van der Waals surface area contributed by atoms with Gasteiger partial charge in [0.1, 0.15) is 0 Å². The lowest BCUT2D eigenvalue weighted by Crippen LogP contribution is -2.58. The Hall–Kier alpha value is -3.42. The second-order valence-corrected chi connectivity index (χ2v) is 13.2. The molecule has 11 nitrogen and oxygen atoms in total. The quantitative estimate of drug-likeness (QED) is 0.0663. The molecule has 1 fully saturated rings. The number of benzene rings is 2. The van der Waals surface area contributed by atoms with Crippen LogP contribution in [0.2, 0.25) is 0 Å². The smallest absolute Gasteiger partial charge is 0.294 e. The maximum Gasteiger partial charge on any atom is 0.294 e. The van der Waals surface area contributed by atoms with Crippen molar-refractivity contribution in [3.05, 3.63) is 71.8 Å². The topological polar surface area (TPSA) is 202 Å². The van der Waals surface area contributed by atoms with Crippen molar-refractivity contribution in [3.8, 4) is 0 Å². The number of hydrogen-bond acceptors (Lipinski definition) is 8. The molecular weight excluding hydrogens is 584 g/mol. The van der Waals surface area contributed by atoms with Crippen LogP contribution in [0.15, 0.2) is 65.6 Å². The largest absolute Gasteiger partial charge is 0.322 e. The normalized spacial score (nSPS) is 17.2. The number of ketones is 1. The van der Waals surface area contributed by atoms with Crippen molar-refractivity contribution in [1.29, 1.82) is 0 Å². The van der Waals surface area contributed by atoms with Crippen LogP contribution in [0.25, 0.3) is 6.08 Å². The summed E-state index contributed by atoms with van der Waals surface area (Å²) in [5.41, 5.74) is 10.5.